The first kappa shape index (κ1) is 19.5. The second kappa shape index (κ2) is 16.6. The second-order valence-electron chi connectivity index (χ2n) is 6.11. The minimum Gasteiger partial charge on any atom is -0.390 e. The van der Waals surface area contributed by atoms with Gasteiger partial charge >= 0.3 is 0 Å². The molecule has 1 atom stereocenters. The Morgan fingerprint density at radius 3 is 1.85 bits per heavy atom. The van der Waals surface area contributed by atoms with Gasteiger partial charge in [-0.25, -0.2) is 0 Å². The molecule has 0 radical (unpaired) electrons. The molecule has 0 saturated heterocycles. The monoisotopic (exact) mass is 282 g/mol. The van der Waals surface area contributed by atoms with E-state index in [-0.39, 0.29) is 6.04 Å². The van der Waals surface area contributed by atoms with Crippen molar-refractivity contribution >= 4 is 0 Å². The van der Waals surface area contributed by atoms with Gasteiger partial charge in [-0.05, 0) is 26.0 Å². The summed E-state index contributed by atoms with van der Waals surface area (Å²) in [7, 11) is 0. The highest BCUT2D eigenvalue weighted by Gasteiger charge is 1.92. The van der Waals surface area contributed by atoms with Crippen LogP contribution in [0.15, 0.2) is 12.3 Å². The fourth-order valence-corrected chi connectivity index (χ4v) is 2.35. The van der Waals surface area contributed by atoms with E-state index in [0.29, 0.717) is 0 Å². The van der Waals surface area contributed by atoms with E-state index in [9.17, 15) is 0 Å². The van der Waals surface area contributed by atoms with Crippen molar-refractivity contribution in [2.24, 2.45) is 5.73 Å². The molecule has 0 aromatic rings. The Morgan fingerprint density at radius 1 is 0.850 bits per heavy atom. The summed E-state index contributed by atoms with van der Waals surface area (Å²) >= 11 is 0. The third kappa shape index (κ3) is 17.5. The zero-order valence-corrected chi connectivity index (χ0v) is 14.0. The van der Waals surface area contributed by atoms with Gasteiger partial charge < -0.3 is 11.1 Å². The molecule has 0 fully saturated rings. The summed E-state index contributed by atoms with van der Waals surface area (Å²) in [6.07, 6.45) is 21.1. The third-order valence-electron chi connectivity index (χ3n) is 3.65. The van der Waals surface area contributed by atoms with E-state index in [4.69, 9.17) is 5.73 Å². The summed E-state index contributed by atoms with van der Waals surface area (Å²) < 4.78 is 0. The van der Waals surface area contributed by atoms with Gasteiger partial charge in [0, 0.05) is 12.6 Å². The molecule has 2 nitrogen and oxygen atoms in total. The van der Waals surface area contributed by atoms with Crippen LogP contribution in [0.25, 0.3) is 0 Å². The van der Waals surface area contributed by atoms with Gasteiger partial charge in [-0.15, -0.1) is 0 Å². The molecule has 0 bridgehead atoms. The lowest BCUT2D eigenvalue weighted by Gasteiger charge is -2.03. The van der Waals surface area contributed by atoms with Crippen molar-refractivity contribution in [1.29, 1.82) is 0 Å². The van der Waals surface area contributed by atoms with Gasteiger partial charge in [-0.3, -0.25) is 0 Å². The number of nitrogens with two attached hydrogens (primary N) is 1. The molecule has 20 heavy (non-hydrogen) atoms. The van der Waals surface area contributed by atoms with Crippen LogP contribution < -0.4 is 11.1 Å². The fourth-order valence-electron chi connectivity index (χ4n) is 2.35. The molecule has 0 rings (SSSR count). The van der Waals surface area contributed by atoms with E-state index in [1.54, 1.807) is 0 Å². The van der Waals surface area contributed by atoms with Crippen molar-refractivity contribution in [2.75, 3.05) is 6.54 Å². The highest BCUT2D eigenvalue weighted by molar-refractivity contribution is 4.80. The average Bonchev–Trinajstić information content (AvgIpc) is 2.43. The summed E-state index contributed by atoms with van der Waals surface area (Å²) in [5.74, 6) is 0. The molecule has 0 aliphatic carbocycles. The molecule has 0 amide bonds. The van der Waals surface area contributed by atoms with Crippen LogP contribution in [-0.2, 0) is 0 Å². The number of nitrogens with one attached hydrogen (secondary N) is 1. The maximum Gasteiger partial charge on any atom is 0.0290 e. The van der Waals surface area contributed by atoms with Gasteiger partial charge in [0.05, 0.1) is 0 Å². The molecule has 120 valence electrons. The van der Waals surface area contributed by atoms with Crippen molar-refractivity contribution < 1.29 is 0 Å². The topological polar surface area (TPSA) is 38.0 Å². The van der Waals surface area contributed by atoms with Gasteiger partial charge in [0.15, 0.2) is 0 Å². The molecule has 2 heteroatoms. The van der Waals surface area contributed by atoms with Gasteiger partial charge in [0.25, 0.3) is 0 Å². The van der Waals surface area contributed by atoms with E-state index in [1.807, 2.05) is 6.92 Å². The summed E-state index contributed by atoms with van der Waals surface area (Å²) in [5.41, 5.74) is 5.65. The number of rotatable bonds is 15. The number of hydrogen-bond donors (Lipinski definition) is 2. The van der Waals surface area contributed by atoms with E-state index in [1.165, 1.54) is 77.0 Å². The average molecular weight is 283 g/mol. The minimum absolute atomic E-state index is 0.238. The van der Waals surface area contributed by atoms with Crippen LogP contribution >= 0.6 is 0 Å². The molecule has 0 aliphatic rings. The Morgan fingerprint density at radius 2 is 1.35 bits per heavy atom. The van der Waals surface area contributed by atoms with Crippen LogP contribution in [-0.4, -0.2) is 12.6 Å². The summed E-state index contributed by atoms with van der Waals surface area (Å²) in [6, 6.07) is 0.238. The Bertz CT molecular complexity index is 200. The van der Waals surface area contributed by atoms with E-state index < -0.39 is 0 Å². The first-order chi connectivity index (χ1) is 9.77. The fraction of sp³-hybridized carbons (Fsp3) is 0.889. The molecular weight excluding hydrogens is 244 g/mol. The van der Waals surface area contributed by atoms with Crippen molar-refractivity contribution in [1.82, 2.24) is 5.32 Å². The Hall–Kier alpha value is -0.500. The summed E-state index contributed by atoms with van der Waals surface area (Å²) in [6.45, 7) is 5.17. The summed E-state index contributed by atoms with van der Waals surface area (Å²) in [5, 5.41) is 3.22. The lowest BCUT2D eigenvalue weighted by molar-refractivity contribution is 0.550. The highest BCUT2D eigenvalue weighted by Crippen LogP contribution is 2.11. The standard InChI is InChI=1S/C18H38N2/c1-3-4-5-6-7-8-9-10-11-12-13-14-15-16-20-17-18(2)19/h15-16,18,20H,3-14,17,19H2,1-2H3. The highest BCUT2D eigenvalue weighted by atomic mass is 14.9. The number of hydrogen-bond acceptors (Lipinski definition) is 2. The Balaban J connectivity index is 3.02. The molecule has 0 spiro atoms. The summed E-state index contributed by atoms with van der Waals surface area (Å²) in [4.78, 5) is 0. The van der Waals surface area contributed by atoms with Crippen LogP contribution in [0.2, 0.25) is 0 Å². The van der Waals surface area contributed by atoms with Crippen LogP contribution in [0.3, 0.4) is 0 Å². The Kier molecular flexibility index (Phi) is 16.1. The van der Waals surface area contributed by atoms with Gasteiger partial charge in [-0.2, -0.15) is 0 Å². The van der Waals surface area contributed by atoms with Crippen molar-refractivity contribution in [3.8, 4) is 0 Å². The largest absolute Gasteiger partial charge is 0.390 e. The minimum atomic E-state index is 0.238. The van der Waals surface area contributed by atoms with Crippen molar-refractivity contribution in [3.05, 3.63) is 12.3 Å². The molecular formula is C18H38N2. The smallest absolute Gasteiger partial charge is 0.0290 e. The second-order valence-corrected chi connectivity index (χ2v) is 6.11. The maximum atomic E-state index is 5.65. The van der Waals surface area contributed by atoms with Gasteiger partial charge in [0.2, 0.25) is 0 Å². The maximum absolute atomic E-state index is 5.65. The van der Waals surface area contributed by atoms with E-state index >= 15 is 0 Å². The number of allylic oxidation sites excluding steroid dienone is 1. The molecule has 0 aromatic heterocycles. The lowest BCUT2D eigenvalue weighted by atomic mass is 10.1. The van der Waals surface area contributed by atoms with Gasteiger partial charge in [-0.1, -0.05) is 77.2 Å². The molecule has 0 aliphatic heterocycles. The third-order valence-corrected chi connectivity index (χ3v) is 3.65. The zero-order valence-electron chi connectivity index (χ0n) is 14.0. The van der Waals surface area contributed by atoms with E-state index in [2.05, 4.69) is 24.5 Å². The predicted octanol–water partition coefficient (Wildman–Crippen LogP) is 5.14. The van der Waals surface area contributed by atoms with E-state index in [0.717, 1.165) is 6.54 Å². The predicted molar refractivity (Wildman–Crippen MR) is 91.9 cm³/mol. The van der Waals surface area contributed by atoms with Crippen LogP contribution in [0.5, 0.6) is 0 Å². The lowest BCUT2D eigenvalue weighted by Crippen LogP contribution is -2.27. The van der Waals surface area contributed by atoms with Crippen molar-refractivity contribution in [2.45, 2.75) is 96.9 Å². The van der Waals surface area contributed by atoms with Crippen LogP contribution in [0, 0.1) is 0 Å². The zero-order chi connectivity index (χ0) is 14.9. The molecule has 0 saturated carbocycles. The molecule has 3 N–H and O–H groups in total. The molecule has 0 heterocycles. The Labute approximate surface area is 127 Å². The molecule has 0 aromatic carbocycles. The van der Waals surface area contributed by atoms with Crippen LogP contribution in [0.4, 0.5) is 0 Å². The van der Waals surface area contributed by atoms with Crippen LogP contribution in [0.1, 0.15) is 90.9 Å². The first-order valence-electron chi connectivity index (χ1n) is 8.91. The number of unbranched alkanes of at least 4 members (excludes halogenated alkanes) is 11. The normalized spacial score (nSPS) is 12.9. The van der Waals surface area contributed by atoms with Gasteiger partial charge in [0.1, 0.15) is 0 Å². The van der Waals surface area contributed by atoms with Crippen molar-refractivity contribution in [3.63, 3.8) is 0 Å². The first-order valence-corrected chi connectivity index (χ1v) is 8.91. The molecule has 1 unspecified atom stereocenters. The quantitative estimate of drug-likeness (QED) is 0.408. The SMILES string of the molecule is CCCCCCCCCCCCCC=CNCC(C)N.